The first-order valence-corrected chi connectivity index (χ1v) is 6.65. The van der Waals surface area contributed by atoms with Crippen LogP contribution in [0.15, 0.2) is 18.2 Å². The molecule has 2 aliphatic heterocycles. The summed E-state index contributed by atoms with van der Waals surface area (Å²) >= 11 is 0. The van der Waals surface area contributed by atoms with E-state index in [0.717, 1.165) is 45.5 Å². The van der Waals surface area contributed by atoms with Crippen LogP contribution in [0.4, 0.5) is 19.0 Å². The Bertz CT molecular complexity index is 468. The smallest absolute Gasteiger partial charge is 0.379 e. The minimum absolute atomic E-state index is 0.398. The van der Waals surface area contributed by atoms with E-state index in [1.807, 2.05) is 4.90 Å². The Balaban J connectivity index is 1.62. The lowest BCUT2D eigenvalue weighted by atomic mass is 10.1. The monoisotopic (exact) mass is 287 g/mol. The van der Waals surface area contributed by atoms with Crippen LogP contribution in [-0.2, 0) is 10.9 Å². The number of anilines is 1. The van der Waals surface area contributed by atoms with Crippen LogP contribution < -0.4 is 4.90 Å². The van der Waals surface area contributed by atoms with Crippen molar-refractivity contribution >= 4 is 5.82 Å². The van der Waals surface area contributed by atoms with Crippen LogP contribution in [0, 0.1) is 0 Å². The van der Waals surface area contributed by atoms with Gasteiger partial charge in [0.05, 0.1) is 13.2 Å². The average molecular weight is 287 g/mol. The summed E-state index contributed by atoms with van der Waals surface area (Å²) in [5.41, 5.74) is -0.829. The molecule has 0 spiro atoms. The molecule has 3 heterocycles. The highest BCUT2D eigenvalue weighted by Gasteiger charge is 2.36. The molecule has 1 aromatic rings. The Labute approximate surface area is 115 Å². The van der Waals surface area contributed by atoms with Crippen molar-refractivity contribution in [3.05, 3.63) is 23.9 Å². The van der Waals surface area contributed by atoms with Crippen molar-refractivity contribution in [1.82, 2.24) is 9.88 Å². The summed E-state index contributed by atoms with van der Waals surface area (Å²) in [5, 5.41) is 0. The van der Waals surface area contributed by atoms with E-state index >= 15 is 0 Å². The number of hydrogen-bond donors (Lipinski definition) is 0. The predicted octanol–water partition coefficient (Wildman–Crippen LogP) is 1.62. The zero-order valence-corrected chi connectivity index (χ0v) is 10.9. The van der Waals surface area contributed by atoms with Gasteiger partial charge >= 0.3 is 6.18 Å². The summed E-state index contributed by atoms with van der Waals surface area (Å²) in [6, 6.07) is 4.44. The van der Waals surface area contributed by atoms with Crippen LogP contribution >= 0.6 is 0 Å². The summed E-state index contributed by atoms with van der Waals surface area (Å²) < 4.78 is 43.1. The molecule has 7 heteroatoms. The van der Waals surface area contributed by atoms with Crippen LogP contribution in [-0.4, -0.2) is 55.3 Å². The summed E-state index contributed by atoms with van der Waals surface area (Å²) in [7, 11) is 0. The molecule has 110 valence electrons. The first-order chi connectivity index (χ1) is 9.54. The summed E-state index contributed by atoms with van der Waals surface area (Å²) in [6.45, 7) is 4.72. The van der Waals surface area contributed by atoms with Gasteiger partial charge in [-0.05, 0) is 12.1 Å². The molecular weight excluding hydrogens is 271 g/mol. The molecule has 2 fully saturated rings. The van der Waals surface area contributed by atoms with Gasteiger partial charge in [0.15, 0.2) is 0 Å². The van der Waals surface area contributed by atoms with Crippen molar-refractivity contribution in [3.63, 3.8) is 0 Å². The number of nitrogens with zero attached hydrogens (tertiary/aromatic N) is 3. The van der Waals surface area contributed by atoms with E-state index in [4.69, 9.17) is 4.74 Å². The zero-order valence-electron chi connectivity index (χ0n) is 10.9. The summed E-state index contributed by atoms with van der Waals surface area (Å²) in [6.07, 6.45) is -4.38. The number of pyridine rings is 1. The fraction of sp³-hybridized carbons (Fsp3) is 0.615. The number of halogens is 3. The molecule has 2 saturated heterocycles. The van der Waals surface area contributed by atoms with Gasteiger partial charge in [0, 0.05) is 32.2 Å². The van der Waals surface area contributed by atoms with Gasteiger partial charge in [0.25, 0.3) is 0 Å². The Kier molecular flexibility index (Phi) is 3.55. The molecule has 0 radical (unpaired) electrons. The van der Waals surface area contributed by atoms with E-state index in [1.54, 1.807) is 6.07 Å². The Morgan fingerprint density at radius 1 is 1.15 bits per heavy atom. The van der Waals surface area contributed by atoms with Gasteiger partial charge in [0.2, 0.25) is 0 Å². The van der Waals surface area contributed by atoms with Crippen molar-refractivity contribution in [3.8, 4) is 0 Å². The van der Waals surface area contributed by atoms with Gasteiger partial charge in [0.1, 0.15) is 11.5 Å². The third kappa shape index (κ3) is 2.73. The van der Waals surface area contributed by atoms with Gasteiger partial charge in [-0.2, -0.15) is 13.2 Å². The lowest BCUT2D eigenvalue weighted by molar-refractivity contribution is -0.141. The second-order valence-corrected chi connectivity index (χ2v) is 5.09. The van der Waals surface area contributed by atoms with Gasteiger partial charge in [-0.3, -0.25) is 4.90 Å². The molecule has 0 aromatic carbocycles. The number of alkyl halides is 3. The van der Waals surface area contributed by atoms with Crippen LogP contribution in [0.3, 0.4) is 0 Å². The highest BCUT2D eigenvalue weighted by molar-refractivity contribution is 5.43. The Morgan fingerprint density at radius 2 is 1.85 bits per heavy atom. The Morgan fingerprint density at radius 3 is 2.50 bits per heavy atom. The fourth-order valence-corrected chi connectivity index (χ4v) is 2.57. The number of rotatable bonds is 2. The SMILES string of the molecule is FC(F)(F)c1cccc(N2CC(N3CCOCC3)C2)n1. The third-order valence-corrected chi connectivity index (χ3v) is 3.77. The van der Waals surface area contributed by atoms with Crippen molar-refractivity contribution in [2.75, 3.05) is 44.3 Å². The first kappa shape index (κ1) is 13.6. The average Bonchev–Trinajstić information content (AvgIpc) is 2.38. The molecule has 1 aromatic heterocycles. The molecule has 0 saturated carbocycles. The second-order valence-electron chi connectivity index (χ2n) is 5.09. The van der Waals surface area contributed by atoms with E-state index in [-0.39, 0.29) is 0 Å². The summed E-state index contributed by atoms with van der Waals surface area (Å²) in [5.74, 6) is 0.407. The molecule has 4 nitrogen and oxygen atoms in total. The minimum atomic E-state index is -4.38. The normalized spacial score (nSPS) is 21.9. The molecule has 0 N–H and O–H groups in total. The number of aromatic nitrogens is 1. The lowest BCUT2D eigenvalue weighted by Crippen LogP contribution is -2.61. The standard InChI is InChI=1S/C13H16F3N3O/c14-13(15,16)11-2-1-3-12(17-11)19-8-10(9-19)18-4-6-20-7-5-18/h1-3,10H,4-9H2. The van der Waals surface area contributed by atoms with Crippen molar-refractivity contribution in [2.45, 2.75) is 12.2 Å². The van der Waals surface area contributed by atoms with Crippen LogP contribution in [0.1, 0.15) is 5.69 Å². The zero-order chi connectivity index (χ0) is 14.2. The highest BCUT2D eigenvalue weighted by Crippen LogP contribution is 2.30. The number of morpholine rings is 1. The first-order valence-electron chi connectivity index (χ1n) is 6.65. The van der Waals surface area contributed by atoms with E-state index in [2.05, 4.69) is 9.88 Å². The summed E-state index contributed by atoms with van der Waals surface area (Å²) in [4.78, 5) is 7.91. The largest absolute Gasteiger partial charge is 0.433 e. The predicted molar refractivity (Wildman–Crippen MR) is 67.6 cm³/mol. The molecule has 0 unspecified atom stereocenters. The Hall–Kier alpha value is -1.34. The van der Waals surface area contributed by atoms with E-state index in [0.29, 0.717) is 11.9 Å². The van der Waals surface area contributed by atoms with Crippen LogP contribution in [0.5, 0.6) is 0 Å². The van der Waals surface area contributed by atoms with Gasteiger partial charge in [-0.1, -0.05) is 6.07 Å². The molecule has 20 heavy (non-hydrogen) atoms. The van der Waals surface area contributed by atoms with E-state index < -0.39 is 11.9 Å². The van der Waals surface area contributed by atoms with Crippen molar-refractivity contribution in [1.29, 1.82) is 0 Å². The molecule has 0 atom stereocenters. The van der Waals surface area contributed by atoms with E-state index in [1.165, 1.54) is 6.07 Å². The maximum Gasteiger partial charge on any atom is 0.433 e. The second kappa shape index (κ2) is 5.21. The molecule has 0 aliphatic carbocycles. The minimum Gasteiger partial charge on any atom is -0.379 e. The number of hydrogen-bond acceptors (Lipinski definition) is 4. The molecule has 3 rings (SSSR count). The van der Waals surface area contributed by atoms with Gasteiger partial charge in [-0.25, -0.2) is 4.98 Å². The quantitative estimate of drug-likeness (QED) is 0.826. The third-order valence-electron chi connectivity index (χ3n) is 3.77. The highest BCUT2D eigenvalue weighted by atomic mass is 19.4. The maximum absolute atomic E-state index is 12.6. The van der Waals surface area contributed by atoms with Gasteiger partial charge < -0.3 is 9.64 Å². The lowest BCUT2D eigenvalue weighted by Gasteiger charge is -2.47. The van der Waals surface area contributed by atoms with Crippen LogP contribution in [0.2, 0.25) is 0 Å². The fourth-order valence-electron chi connectivity index (χ4n) is 2.57. The molecular formula is C13H16F3N3O. The molecule has 0 amide bonds. The van der Waals surface area contributed by atoms with Crippen molar-refractivity contribution in [2.24, 2.45) is 0 Å². The molecule has 2 aliphatic rings. The van der Waals surface area contributed by atoms with Crippen molar-refractivity contribution < 1.29 is 17.9 Å². The topological polar surface area (TPSA) is 28.6 Å². The van der Waals surface area contributed by atoms with Crippen LogP contribution in [0.25, 0.3) is 0 Å². The molecule has 0 bridgehead atoms. The van der Waals surface area contributed by atoms with Gasteiger partial charge in [-0.15, -0.1) is 0 Å². The van der Waals surface area contributed by atoms with E-state index in [9.17, 15) is 13.2 Å². The maximum atomic E-state index is 12.6. The number of ether oxygens (including phenoxy) is 1.